The van der Waals surface area contributed by atoms with E-state index in [1.54, 1.807) is 11.3 Å². The van der Waals surface area contributed by atoms with E-state index in [4.69, 9.17) is 19.4 Å². The third-order valence-corrected chi connectivity index (χ3v) is 8.47. The van der Waals surface area contributed by atoms with Crippen molar-refractivity contribution >= 4 is 50.7 Å². The van der Waals surface area contributed by atoms with Gasteiger partial charge in [-0.05, 0) is 32.9 Å². The first-order valence-electron chi connectivity index (χ1n) is 14.3. The molecule has 0 radical (unpaired) electrons. The Hall–Kier alpha value is -3.65. The minimum atomic E-state index is -0.630. The molecule has 3 aromatic heterocycles. The number of carbonyl (C=O) groups excluding carboxylic acids is 2. The number of aromatic nitrogens is 4. The van der Waals surface area contributed by atoms with E-state index in [9.17, 15) is 9.59 Å². The number of nitrogens with zero attached hydrogens (tertiary/aromatic N) is 7. The van der Waals surface area contributed by atoms with Crippen LogP contribution in [0.1, 0.15) is 25.6 Å². The standard InChI is InChI=1S/C29H36N8O4S/c1-29(2,3)41-28(39)37(11-14-38)36-9-7-34(8-10-36)19-20-17-24-25(42-20)27(35-12-15-40-16-13-35)32-26(31-24)21-5-4-6-23-22(21)18-30-33-23/h4-6,14,17-18H,7-13,15-16,19H2,1-3H3,(H,30,33). The SMILES string of the molecule is CC(C)(C)OC(=O)N(CC=O)N1CCN(Cc2cc3nc(-c4cccc5[nH]ncc45)nc(N4CCOCC4)c3s2)CC1. The zero-order valence-electron chi connectivity index (χ0n) is 24.2. The van der Waals surface area contributed by atoms with Gasteiger partial charge in [0.05, 0.1) is 41.7 Å². The number of rotatable bonds is 7. The van der Waals surface area contributed by atoms with Crippen LogP contribution in [-0.4, -0.2) is 112 Å². The van der Waals surface area contributed by atoms with E-state index in [1.165, 1.54) is 9.89 Å². The molecule has 2 saturated heterocycles. The number of amides is 1. The number of anilines is 1. The fraction of sp³-hybridized carbons (Fsp3) is 0.483. The number of fused-ring (bicyclic) bond motifs is 2. The van der Waals surface area contributed by atoms with Crippen LogP contribution in [-0.2, 0) is 20.8 Å². The molecule has 0 aliphatic carbocycles. The van der Waals surface area contributed by atoms with Gasteiger partial charge in [-0.3, -0.25) is 10.00 Å². The number of ether oxygens (including phenoxy) is 2. The molecular weight excluding hydrogens is 556 g/mol. The molecule has 0 bridgehead atoms. The van der Waals surface area contributed by atoms with Crippen LogP contribution in [0.3, 0.4) is 0 Å². The zero-order valence-corrected chi connectivity index (χ0v) is 25.0. The van der Waals surface area contributed by atoms with E-state index in [1.807, 2.05) is 50.2 Å². The van der Waals surface area contributed by atoms with Crippen LogP contribution in [0.5, 0.6) is 0 Å². The molecule has 0 atom stereocenters. The van der Waals surface area contributed by atoms with Crippen LogP contribution >= 0.6 is 11.3 Å². The van der Waals surface area contributed by atoms with Crippen molar-refractivity contribution in [2.45, 2.75) is 32.9 Å². The number of nitrogens with one attached hydrogen (secondary N) is 1. The summed E-state index contributed by atoms with van der Waals surface area (Å²) in [6.07, 6.45) is 2.07. The number of benzene rings is 1. The van der Waals surface area contributed by atoms with Crippen molar-refractivity contribution in [1.29, 1.82) is 0 Å². The molecule has 0 saturated carbocycles. The molecule has 42 heavy (non-hydrogen) atoms. The molecular formula is C29H36N8O4S. The number of hydrogen-bond donors (Lipinski definition) is 1. The van der Waals surface area contributed by atoms with Crippen LogP contribution in [0.2, 0.25) is 0 Å². The van der Waals surface area contributed by atoms with Gasteiger partial charge in [-0.15, -0.1) is 11.3 Å². The Morgan fingerprint density at radius 3 is 2.67 bits per heavy atom. The molecule has 0 spiro atoms. The highest BCUT2D eigenvalue weighted by atomic mass is 32.1. The third kappa shape index (κ3) is 6.09. The summed E-state index contributed by atoms with van der Waals surface area (Å²) in [6.45, 7) is 11.9. The second-order valence-electron chi connectivity index (χ2n) is 11.5. The predicted molar refractivity (Wildman–Crippen MR) is 161 cm³/mol. The first-order valence-corrected chi connectivity index (χ1v) is 15.1. The van der Waals surface area contributed by atoms with Gasteiger partial charge in [-0.2, -0.15) is 5.10 Å². The number of carbonyl (C=O) groups is 2. The average molecular weight is 593 g/mol. The molecule has 4 aromatic rings. The molecule has 13 heteroatoms. The first kappa shape index (κ1) is 28.5. The van der Waals surface area contributed by atoms with E-state index in [0.717, 1.165) is 71.5 Å². The Labute approximate surface area is 248 Å². The molecule has 1 N–H and O–H groups in total. The van der Waals surface area contributed by atoms with Gasteiger partial charge in [0.1, 0.15) is 11.9 Å². The van der Waals surface area contributed by atoms with Crippen molar-refractivity contribution in [3.63, 3.8) is 0 Å². The monoisotopic (exact) mass is 592 g/mol. The number of morpholine rings is 1. The lowest BCUT2D eigenvalue weighted by molar-refractivity contribution is -0.116. The van der Waals surface area contributed by atoms with Crippen molar-refractivity contribution in [2.75, 3.05) is 63.9 Å². The Bertz CT molecular complexity index is 1570. The maximum absolute atomic E-state index is 12.7. The maximum Gasteiger partial charge on any atom is 0.425 e. The Kier molecular flexibility index (Phi) is 8.08. The van der Waals surface area contributed by atoms with Crippen LogP contribution in [0, 0.1) is 0 Å². The molecule has 12 nitrogen and oxygen atoms in total. The number of hydrazine groups is 1. The number of thiophene rings is 1. The van der Waals surface area contributed by atoms with Crippen LogP contribution in [0.4, 0.5) is 10.6 Å². The van der Waals surface area contributed by atoms with E-state index >= 15 is 0 Å². The fourth-order valence-corrected chi connectivity index (χ4v) is 6.52. The quantitative estimate of drug-likeness (QED) is 0.319. The molecule has 2 fully saturated rings. The number of hydrogen-bond acceptors (Lipinski definition) is 11. The summed E-state index contributed by atoms with van der Waals surface area (Å²) < 4.78 is 12.2. The molecule has 2 aliphatic heterocycles. The van der Waals surface area contributed by atoms with Gasteiger partial charge >= 0.3 is 6.09 Å². The average Bonchev–Trinajstić information content (AvgIpc) is 3.62. The first-order chi connectivity index (χ1) is 20.3. The van der Waals surface area contributed by atoms with Gasteiger partial charge in [0.15, 0.2) is 11.6 Å². The second kappa shape index (κ2) is 11.9. The van der Waals surface area contributed by atoms with Gasteiger partial charge in [0.25, 0.3) is 0 Å². The van der Waals surface area contributed by atoms with Crippen molar-refractivity contribution < 1.29 is 19.1 Å². The molecule has 6 rings (SSSR count). The van der Waals surface area contributed by atoms with Crippen molar-refractivity contribution in [3.05, 3.63) is 35.3 Å². The summed E-state index contributed by atoms with van der Waals surface area (Å²) in [5.74, 6) is 1.63. The smallest absolute Gasteiger partial charge is 0.425 e. The van der Waals surface area contributed by atoms with Gasteiger partial charge < -0.3 is 19.2 Å². The zero-order chi connectivity index (χ0) is 29.3. The maximum atomic E-state index is 12.7. The minimum absolute atomic E-state index is 0.0247. The van der Waals surface area contributed by atoms with Crippen LogP contribution < -0.4 is 4.90 Å². The summed E-state index contributed by atoms with van der Waals surface area (Å²) in [4.78, 5) is 40.0. The largest absolute Gasteiger partial charge is 0.443 e. The third-order valence-electron chi connectivity index (χ3n) is 7.36. The van der Waals surface area contributed by atoms with Gasteiger partial charge in [-0.25, -0.2) is 24.8 Å². The van der Waals surface area contributed by atoms with E-state index in [0.29, 0.717) is 32.1 Å². The molecule has 5 heterocycles. The number of piperazine rings is 1. The second-order valence-corrected chi connectivity index (χ2v) is 12.6. The Morgan fingerprint density at radius 2 is 1.93 bits per heavy atom. The van der Waals surface area contributed by atoms with Gasteiger partial charge in [-0.1, -0.05) is 12.1 Å². The lowest BCUT2D eigenvalue weighted by Crippen LogP contribution is -2.56. The predicted octanol–water partition coefficient (Wildman–Crippen LogP) is 3.54. The highest BCUT2D eigenvalue weighted by Gasteiger charge is 2.30. The summed E-state index contributed by atoms with van der Waals surface area (Å²) >= 11 is 1.73. The lowest BCUT2D eigenvalue weighted by Gasteiger charge is -2.40. The normalized spacial score (nSPS) is 17.2. The van der Waals surface area contributed by atoms with Crippen molar-refractivity contribution in [2.24, 2.45) is 0 Å². The molecule has 222 valence electrons. The number of H-pyrrole nitrogens is 1. The van der Waals surface area contributed by atoms with E-state index in [-0.39, 0.29) is 6.54 Å². The Balaban J connectivity index is 1.23. The summed E-state index contributed by atoms with van der Waals surface area (Å²) in [6, 6.07) is 8.22. The molecule has 0 unspecified atom stereocenters. The molecule has 2 aliphatic rings. The highest BCUT2D eigenvalue weighted by Crippen LogP contribution is 2.36. The van der Waals surface area contributed by atoms with Crippen LogP contribution in [0.15, 0.2) is 30.5 Å². The molecule has 1 amide bonds. The van der Waals surface area contributed by atoms with Crippen molar-refractivity contribution in [3.8, 4) is 11.4 Å². The Morgan fingerprint density at radius 1 is 1.14 bits per heavy atom. The highest BCUT2D eigenvalue weighted by molar-refractivity contribution is 7.19. The van der Waals surface area contributed by atoms with Crippen LogP contribution in [0.25, 0.3) is 32.5 Å². The minimum Gasteiger partial charge on any atom is -0.443 e. The summed E-state index contributed by atoms with van der Waals surface area (Å²) in [7, 11) is 0. The topological polar surface area (TPSA) is 120 Å². The fourth-order valence-electron chi connectivity index (χ4n) is 5.36. The number of aldehydes is 1. The molecule has 1 aromatic carbocycles. The summed E-state index contributed by atoms with van der Waals surface area (Å²) in [5.41, 5.74) is 2.21. The van der Waals surface area contributed by atoms with Crippen molar-refractivity contribution in [1.82, 2.24) is 35.1 Å². The van der Waals surface area contributed by atoms with Gasteiger partial charge in [0, 0.05) is 61.6 Å². The summed E-state index contributed by atoms with van der Waals surface area (Å²) in [5, 5.41) is 11.6. The van der Waals surface area contributed by atoms with Gasteiger partial charge in [0.2, 0.25) is 0 Å². The number of aromatic amines is 1. The van der Waals surface area contributed by atoms with E-state index < -0.39 is 11.7 Å². The lowest BCUT2D eigenvalue weighted by atomic mass is 10.1. The van der Waals surface area contributed by atoms with E-state index in [2.05, 4.69) is 26.1 Å².